The summed E-state index contributed by atoms with van der Waals surface area (Å²) < 4.78 is 13.5. The first kappa shape index (κ1) is 17.9. The van der Waals surface area contributed by atoms with Crippen molar-refractivity contribution in [2.75, 3.05) is 13.7 Å². The summed E-state index contributed by atoms with van der Waals surface area (Å²) in [5.74, 6) is 2.61. The Bertz CT molecular complexity index is 1080. The highest BCUT2D eigenvalue weighted by atomic mass is 16.5. The van der Waals surface area contributed by atoms with Gasteiger partial charge in [-0.3, -0.25) is 0 Å². The molecule has 0 spiro atoms. The molecule has 4 nitrogen and oxygen atoms in total. The van der Waals surface area contributed by atoms with Crippen LogP contribution in [0.2, 0.25) is 0 Å². The highest BCUT2D eigenvalue weighted by molar-refractivity contribution is 5.80. The number of methoxy groups -OCH3 is 1. The van der Waals surface area contributed by atoms with Crippen molar-refractivity contribution in [1.82, 2.24) is 9.55 Å². The van der Waals surface area contributed by atoms with E-state index in [4.69, 9.17) is 14.5 Å². The molecule has 0 unspecified atom stereocenters. The second-order valence-electron chi connectivity index (χ2n) is 6.35. The average molecular weight is 370 g/mol. The van der Waals surface area contributed by atoms with Crippen LogP contribution in [0.1, 0.15) is 11.4 Å². The van der Waals surface area contributed by atoms with Crippen LogP contribution in [-0.2, 0) is 6.54 Å². The molecule has 0 saturated heterocycles. The van der Waals surface area contributed by atoms with Crippen molar-refractivity contribution in [3.05, 3.63) is 90.3 Å². The Hall–Kier alpha value is -3.53. The van der Waals surface area contributed by atoms with Gasteiger partial charge in [-0.1, -0.05) is 48.5 Å². The van der Waals surface area contributed by atoms with Gasteiger partial charge < -0.3 is 14.0 Å². The summed E-state index contributed by atoms with van der Waals surface area (Å²) in [7, 11) is 1.68. The van der Waals surface area contributed by atoms with Gasteiger partial charge in [0, 0.05) is 5.56 Å². The summed E-state index contributed by atoms with van der Waals surface area (Å²) in [4.78, 5) is 4.79. The van der Waals surface area contributed by atoms with Crippen LogP contribution in [0.4, 0.5) is 0 Å². The minimum Gasteiger partial charge on any atom is -0.496 e. The predicted octanol–water partition coefficient (Wildman–Crippen LogP) is 5.29. The Labute approximate surface area is 164 Å². The highest BCUT2D eigenvalue weighted by Crippen LogP contribution is 2.22. The lowest BCUT2D eigenvalue weighted by Gasteiger charge is -2.09. The topological polar surface area (TPSA) is 36.3 Å². The third-order valence-electron chi connectivity index (χ3n) is 4.56. The summed E-state index contributed by atoms with van der Waals surface area (Å²) >= 11 is 0. The van der Waals surface area contributed by atoms with Gasteiger partial charge in [-0.05, 0) is 42.5 Å². The van der Waals surface area contributed by atoms with Crippen molar-refractivity contribution in [2.24, 2.45) is 0 Å². The number of ether oxygens (including phenoxy) is 2. The van der Waals surface area contributed by atoms with E-state index in [0.29, 0.717) is 13.2 Å². The molecule has 0 bridgehead atoms. The zero-order valence-corrected chi connectivity index (χ0v) is 15.8. The number of nitrogens with zero attached hydrogens (tertiary/aromatic N) is 2. The Morgan fingerprint density at radius 1 is 0.857 bits per heavy atom. The second kappa shape index (κ2) is 8.44. The summed E-state index contributed by atoms with van der Waals surface area (Å²) in [6.07, 6.45) is 4.06. The van der Waals surface area contributed by atoms with E-state index in [1.165, 1.54) is 0 Å². The van der Waals surface area contributed by atoms with Gasteiger partial charge in [-0.15, -0.1) is 0 Å². The molecule has 0 aliphatic rings. The van der Waals surface area contributed by atoms with Crippen LogP contribution in [0.3, 0.4) is 0 Å². The maximum atomic E-state index is 5.89. The van der Waals surface area contributed by atoms with E-state index >= 15 is 0 Å². The normalized spacial score (nSPS) is 11.2. The Balaban J connectivity index is 1.60. The first-order valence-electron chi connectivity index (χ1n) is 9.29. The number of fused-ring (bicyclic) bond motifs is 1. The van der Waals surface area contributed by atoms with Crippen molar-refractivity contribution >= 4 is 23.2 Å². The third-order valence-corrected chi connectivity index (χ3v) is 4.56. The highest BCUT2D eigenvalue weighted by Gasteiger charge is 2.08. The monoisotopic (exact) mass is 370 g/mol. The summed E-state index contributed by atoms with van der Waals surface area (Å²) in [6.45, 7) is 1.28. The molecule has 4 aromatic rings. The minimum absolute atomic E-state index is 0.569. The average Bonchev–Trinajstić information content (AvgIpc) is 3.11. The molecule has 0 aliphatic carbocycles. The number of benzene rings is 3. The molecule has 0 aliphatic heterocycles. The molecule has 28 heavy (non-hydrogen) atoms. The minimum atomic E-state index is 0.569. The van der Waals surface area contributed by atoms with Gasteiger partial charge in [0.2, 0.25) is 0 Å². The van der Waals surface area contributed by atoms with E-state index in [9.17, 15) is 0 Å². The summed E-state index contributed by atoms with van der Waals surface area (Å²) in [5.41, 5.74) is 3.09. The lowest BCUT2D eigenvalue weighted by Crippen LogP contribution is -2.09. The standard InChI is InChI=1S/C24H22N2O2/c1-27-23-14-8-5-9-19(23)15-16-24-25-21-12-6-7-13-22(21)26(24)17-18-28-20-10-3-2-4-11-20/h2-16H,17-18H2,1H3/b16-15+. The molecule has 1 aromatic heterocycles. The number of hydrogen-bond acceptors (Lipinski definition) is 3. The zero-order valence-electron chi connectivity index (χ0n) is 15.8. The van der Waals surface area contributed by atoms with Gasteiger partial charge in [-0.2, -0.15) is 0 Å². The fraction of sp³-hybridized carbons (Fsp3) is 0.125. The van der Waals surface area contributed by atoms with E-state index in [2.05, 4.69) is 10.6 Å². The van der Waals surface area contributed by atoms with Crippen LogP contribution in [0.5, 0.6) is 11.5 Å². The predicted molar refractivity (Wildman–Crippen MR) is 114 cm³/mol. The molecule has 0 fully saturated rings. The van der Waals surface area contributed by atoms with Crippen molar-refractivity contribution in [3.8, 4) is 11.5 Å². The molecule has 1 heterocycles. The third kappa shape index (κ3) is 3.91. The fourth-order valence-corrected chi connectivity index (χ4v) is 3.20. The number of para-hydroxylation sites is 4. The van der Waals surface area contributed by atoms with Gasteiger partial charge in [0.15, 0.2) is 0 Å². The number of aromatic nitrogens is 2. The Morgan fingerprint density at radius 2 is 1.61 bits per heavy atom. The van der Waals surface area contributed by atoms with Gasteiger partial charge in [0.1, 0.15) is 23.9 Å². The molecule has 4 heteroatoms. The fourth-order valence-electron chi connectivity index (χ4n) is 3.20. The van der Waals surface area contributed by atoms with E-state index in [1.54, 1.807) is 7.11 Å². The van der Waals surface area contributed by atoms with Gasteiger partial charge in [-0.25, -0.2) is 4.98 Å². The first-order valence-corrected chi connectivity index (χ1v) is 9.29. The van der Waals surface area contributed by atoms with Crippen LogP contribution in [-0.4, -0.2) is 23.3 Å². The molecule has 0 radical (unpaired) electrons. The van der Waals surface area contributed by atoms with E-state index < -0.39 is 0 Å². The van der Waals surface area contributed by atoms with Gasteiger partial charge in [0.05, 0.1) is 24.7 Å². The smallest absolute Gasteiger partial charge is 0.133 e. The van der Waals surface area contributed by atoms with Crippen molar-refractivity contribution in [1.29, 1.82) is 0 Å². The molecule has 140 valence electrons. The number of rotatable bonds is 7. The van der Waals surface area contributed by atoms with Crippen LogP contribution in [0.15, 0.2) is 78.9 Å². The zero-order chi connectivity index (χ0) is 19.2. The van der Waals surface area contributed by atoms with Crippen LogP contribution >= 0.6 is 0 Å². The molecule has 0 saturated carbocycles. The Morgan fingerprint density at radius 3 is 2.46 bits per heavy atom. The largest absolute Gasteiger partial charge is 0.496 e. The maximum Gasteiger partial charge on any atom is 0.133 e. The van der Waals surface area contributed by atoms with Crippen LogP contribution in [0.25, 0.3) is 23.2 Å². The Kier molecular flexibility index (Phi) is 5.38. The SMILES string of the molecule is COc1ccccc1/C=C/c1nc2ccccc2n1CCOc1ccccc1. The van der Waals surface area contributed by atoms with E-state index in [-0.39, 0.29) is 0 Å². The summed E-state index contributed by atoms with van der Waals surface area (Å²) in [6, 6.07) is 26.0. The van der Waals surface area contributed by atoms with Gasteiger partial charge >= 0.3 is 0 Å². The molecular weight excluding hydrogens is 348 g/mol. The van der Waals surface area contributed by atoms with Crippen molar-refractivity contribution in [3.63, 3.8) is 0 Å². The lowest BCUT2D eigenvalue weighted by molar-refractivity contribution is 0.300. The van der Waals surface area contributed by atoms with Crippen LogP contribution < -0.4 is 9.47 Å². The molecule has 3 aromatic carbocycles. The molecule has 0 N–H and O–H groups in total. The van der Waals surface area contributed by atoms with E-state index in [1.807, 2.05) is 84.9 Å². The lowest BCUT2D eigenvalue weighted by atomic mass is 10.2. The second-order valence-corrected chi connectivity index (χ2v) is 6.35. The maximum absolute atomic E-state index is 5.89. The van der Waals surface area contributed by atoms with E-state index in [0.717, 1.165) is 33.9 Å². The summed E-state index contributed by atoms with van der Waals surface area (Å²) in [5, 5.41) is 0. The molecule has 0 atom stereocenters. The molecule has 0 amide bonds. The molecular formula is C24H22N2O2. The number of hydrogen-bond donors (Lipinski definition) is 0. The quantitative estimate of drug-likeness (QED) is 0.443. The van der Waals surface area contributed by atoms with Crippen LogP contribution in [0, 0.1) is 0 Å². The first-order chi connectivity index (χ1) is 13.8. The van der Waals surface area contributed by atoms with Gasteiger partial charge in [0.25, 0.3) is 0 Å². The number of imidazole rings is 1. The van der Waals surface area contributed by atoms with Crippen molar-refractivity contribution < 1.29 is 9.47 Å². The van der Waals surface area contributed by atoms with Crippen molar-refractivity contribution in [2.45, 2.75) is 6.54 Å². The molecule has 4 rings (SSSR count).